The van der Waals surface area contributed by atoms with Crippen molar-refractivity contribution in [2.45, 2.75) is 26.2 Å². The van der Waals surface area contributed by atoms with Gasteiger partial charge in [0.25, 0.3) is 0 Å². The van der Waals surface area contributed by atoms with Crippen LogP contribution in [-0.2, 0) is 6.42 Å². The summed E-state index contributed by atoms with van der Waals surface area (Å²) in [6, 6.07) is 6.24. The third kappa shape index (κ3) is 2.55. The molecule has 0 unspecified atom stereocenters. The highest BCUT2D eigenvalue weighted by molar-refractivity contribution is 9.10. The normalized spacial score (nSPS) is 12.9. The molecule has 1 nitrogen and oxygen atoms in total. The van der Waals surface area contributed by atoms with Gasteiger partial charge in [0.05, 0.1) is 0 Å². The lowest BCUT2D eigenvalue weighted by Gasteiger charge is -2.13. The molecule has 1 aromatic carbocycles. The van der Waals surface area contributed by atoms with Crippen LogP contribution < -0.4 is 0 Å². The van der Waals surface area contributed by atoms with Gasteiger partial charge in [-0.3, -0.25) is 0 Å². The van der Waals surface area contributed by atoms with Crippen LogP contribution >= 0.6 is 15.9 Å². The molecule has 0 aliphatic heterocycles. The van der Waals surface area contributed by atoms with Gasteiger partial charge >= 0.3 is 0 Å². The summed E-state index contributed by atoms with van der Waals surface area (Å²) in [6.07, 6.45) is 1.01. The van der Waals surface area contributed by atoms with Gasteiger partial charge in [-0.15, -0.1) is 0 Å². The van der Waals surface area contributed by atoms with Crippen molar-refractivity contribution < 1.29 is 5.11 Å². The second-order valence-electron chi connectivity index (χ2n) is 3.28. The molecule has 0 radical (unpaired) electrons. The van der Waals surface area contributed by atoms with Crippen LogP contribution in [0.15, 0.2) is 22.7 Å². The zero-order valence-electron chi connectivity index (χ0n) is 8.05. The Kier molecular flexibility index (Phi) is 3.94. The van der Waals surface area contributed by atoms with E-state index >= 15 is 0 Å². The summed E-state index contributed by atoms with van der Waals surface area (Å²) in [5.74, 6) is 0.239. The van der Waals surface area contributed by atoms with E-state index in [1.807, 2.05) is 13.0 Å². The Labute approximate surface area is 87.9 Å². The number of benzene rings is 1. The summed E-state index contributed by atoms with van der Waals surface area (Å²) in [7, 11) is 0. The van der Waals surface area contributed by atoms with Crippen molar-refractivity contribution in [3.8, 4) is 0 Å². The first kappa shape index (κ1) is 10.7. The summed E-state index contributed by atoms with van der Waals surface area (Å²) >= 11 is 3.45. The van der Waals surface area contributed by atoms with Crippen molar-refractivity contribution in [2.24, 2.45) is 0 Å². The van der Waals surface area contributed by atoms with Crippen molar-refractivity contribution in [1.29, 1.82) is 0 Å². The van der Waals surface area contributed by atoms with Gasteiger partial charge in [-0.05, 0) is 29.7 Å². The first-order valence-electron chi connectivity index (χ1n) is 4.58. The average molecular weight is 243 g/mol. The Morgan fingerprint density at radius 2 is 2.15 bits per heavy atom. The van der Waals surface area contributed by atoms with Crippen molar-refractivity contribution in [3.05, 3.63) is 33.8 Å². The zero-order valence-corrected chi connectivity index (χ0v) is 9.63. The van der Waals surface area contributed by atoms with E-state index in [0.29, 0.717) is 0 Å². The number of rotatable bonds is 3. The Balaban J connectivity index is 3.05. The highest BCUT2D eigenvalue weighted by Crippen LogP contribution is 2.23. The van der Waals surface area contributed by atoms with Crippen molar-refractivity contribution in [3.63, 3.8) is 0 Å². The fourth-order valence-corrected chi connectivity index (χ4v) is 1.87. The second-order valence-corrected chi connectivity index (χ2v) is 4.20. The van der Waals surface area contributed by atoms with Gasteiger partial charge in [-0.25, -0.2) is 0 Å². The number of aryl methyl sites for hydroxylation is 1. The molecule has 0 bridgehead atoms. The fraction of sp³-hybridized carbons (Fsp3) is 0.455. The quantitative estimate of drug-likeness (QED) is 0.864. The number of aliphatic hydroxyl groups is 1. The molecule has 0 heterocycles. The Bertz CT molecular complexity index is 283. The maximum Gasteiger partial charge on any atom is 0.0497 e. The number of hydrogen-bond acceptors (Lipinski definition) is 1. The molecular formula is C11H15BrO. The molecule has 0 fully saturated rings. The maximum atomic E-state index is 9.07. The van der Waals surface area contributed by atoms with E-state index in [4.69, 9.17) is 5.11 Å². The van der Waals surface area contributed by atoms with E-state index in [2.05, 4.69) is 35.0 Å². The predicted molar refractivity (Wildman–Crippen MR) is 59.0 cm³/mol. The number of halogens is 1. The molecule has 1 N–H and O–H groups in total. The lowest BCUT2D eigenvalue weighted by atomic mass is 9.95. The van der Waals surface area contributed by atoms with Gasteiger partial charge in [-0.2, -0.15) is 0 Å². The van der Waals surface area contributed by atoms with Crippen LogP contribution in [0.1, 0.15) is 30.9 Å². The first-order chi connectivity index (χ1) is 6.19. The molecule has 72 valence electrons. The van der Waals surface area contributed by atoms with Gasteiger partial charge in [0, 0.05) is 17.0 Å². The minimum absolute atomic E-state index is 0.217. The molecular weight excluding hydrogens is 228 g/mol. The Morgan fingerprint density at radius 3 is 2.69 bits per heavy atom. The lowest BCUT2D eigenvalue weighted by Crippen LogP contribution is -2.02. The molecule has 1 atom stereocenters. The summed E-state index contributed by atoms with van der Waals surface area (Å²) in [6.45, 7) is 4.40. The zero-order chi connectivity index (χ0) is 9.84. The molecule has 0 aliphatic carbocycles. The molecule has 0 aromatic heterocycles. The van der Waals surface area contributed by atoms with Crippen molar-refractivity contribution in [1.82, 2.24) is 0 Å². The van der Waals surface area contributed by atoms with Crippen LogP contribution in [-0.4, -0.2) is 11.7 Å². The Morgan fingerprint density at radius 1 is 1.46 bits per heavy atom. The van der Waals surface area contributed by atoms with Gasteiger partial charge in [0.15, 0.2) is 0 Å². The third-order valence-electron chi connectivity index (χ3n) is 2.29. The van der Waals surface area contributed by atoms with E-state index < -0.39 is 0 Å². The summed E-state index contributed by atoms with van der Waals surface area (Å²) < 4.78 is 1.11. The Hall–Kier alpha value is -0.340. The monoisotopic (exact) mass is 242 g/mol. The van der Waals surface area contributed by atoms with E-state index in [1.54, 1.807) is 0 Å². The van der Waals surface area contributed by atoms with Crippen molar-refractivity contribution in [2.75, 3.05) is 6.61 Å². The molecule has 0 spiro atoms. The van der Waals surface area contributed by atoms with Gasteiger partial charge in [-0.1, -0.05) is 35.8 Å². The minimum atomic E-state index is 0.217. The molecule has 0 saturated carbocycles. The minimum Gasteiger partial charge on any atom is -0.396 e. The SMILES string of the molecule is CCc1cc(Br)ccc1[C@@H](C)CO. The molecule has 0 amide bonds. The molecule has 1 aromatic rings. The van der Waals surface area contributed by atoms with Gasteiger partial charge in [0.1, 0.15) is 0 Å². The van der Waals surface area contributed by atoms with E-state index in [1.165, 1.54) is 11.1 Å². The summed E-state index contributed by atoms with van der Waals surface area (Å²) in [5, 5.41) is 9.07. The van der Waals surface area contributed by atoms with E-state index in [-0.39, 0.29) is 12.5 Å². The highest BCUT2D eigenvalue weighted by Gasteiger charge is 2.08. The predicted octanol–water partition coefficient (Wildman–Crippen LogP) is 3.11. The second kappa shape index (κ2) is 4.77. The van der Waals surface area contributed by atoms with Gasteiger partial charge < -0.3 is 5.11 Å². The van der Waals surface area contributed by atoms with Crippen LogP contribution in [0.3, 0.4) is 0 Å². The molecule has 13 heavy (non-hydrogen) atoms. The molecule has 1 rings (SSSR count). The van der Waals surface area contributed by atoms with E-state index in [0.717, 1.165) is 10.9 Å². The molecule has 0 aliphatic rings. The number of aliphatic hydroxyl groups excluding tert-OH is 1. The van der Waals surface area contributed by atoms with Crippen LogP contribution in [0, 0.1) is 0 Å². The maximum absolute atomic E-state index is 9.07. The average Bonchev–Trinajstić information content (AvgIpc) is 2.16. The fourth-order valence-electron chi connectivity index (χ4n) is 1.46. The summed E-state index contributed by atoms with van der Waals surface area (Å²) in [4.78, 5) is 0. The molecule has 2 heteroatoms. The summed E-state index contributed by atoms with van der Waals surface area (Å²) in [5.41, 5.74) is 2.57. The van der Waals surface area contributed by atoms with Crippen LogP contribution in [0.25, 0.3) is 0 Å². The largest absolute Gasteiger partial charge is 0.396 e. The van der Waals surface area contributed by atoms with Crippen LogP contribution in [0.2, 0.25) is 0 Å². The third-order valence-corrected chi connectivity index (χ3v) is 2.78. The van der Waals surface area contributed by atoms with Gasteiger partial charge in [0.2, 0.25) is 0 Å². The smallest absolute Gasteiger partial charge is 0.0497 e. The first-order valence-corrected chi connectivity index (χ1v) is 5.37. The van der Waals surface area contributed by atoms with E-state index in [9.17, 15) is 0 Å². The topological polar surface area (TPSA) is 20.2 Å². The van der Waals surface area contributed by atoms with Crippen LogP contribution in [0.4, 0.5) is 0 Å². The number of hydrogen-bond donors (Lipinski definition) is 1. The van der Waals surface area contributed by atoms with Crippen molar-refractivity contribution >= 4 is 15.9 Å². The standard InChI is InChI=1S/C11H15BrO/c1-3-9-6-10(12)4-5-11(9)8(2)7-13/h4-6,8,13H,3,7H2,1-2H3/t8-/m0/s1. The highest BCUT2D eigenvalue weighted by atomic mass is 79.9. The molecule has 0 saturated heterocycles. The van der Waals surface area contributed by atoms with Crippen LogP contribution in [0.5, 0.6) is 0 Å². The lowest BCUT2D eigenvalue weighted by molar-refractivity contribution is 0.272.